The lowest BCUT2D eigenvalue weighted by Gasteiger charge is -2.22. The highest BCUT2D eigenvalue weighted by Crippen LogP contribution is 2.35. The van der Waals surface area contributed by atoms with Crippen molar-refractivity contribution in [2.75, 3.05) is 22.7 Å². The van der Waals surface area contributed by atoms with E-state index in [-0.39, 0.29) is 22.2 Å². The molecule has 1 N–H and O–H groups in total. The minimum Gasteiger partial charge on any atom is -0.372 e. The first-order chi connectivity index (χ1) is 13.5. The molecule has 13 heteroatoms. The minimum absolute atomic E-state index is 0.00313. The molecule has 0 saturated heterocycles. The van der Waals surface area contributed by atoms with Gasteiger partial charge in [0.15, 0.2) is 5.82 Å². The van der Waals surface area contributed by atoms with E-state index >= 15 is 0 Å². The fourth-order valence-electron chi connectivity index (χ4n) is 2.30. The number of hydrogen-bond acceptors (Lipinski definition) is 7. The molecule has 0 aliphatic heterocycles. The van der Waals surface area contributed by atoms with Gasteiger partial charge in [-0.3, -0.25) is 4.72 Å². The van der Waals surface area contributed by atoms with E-state index in [0.717, 1.165) is 0 Å². The Hall–Kier alpha value is -2.47. The summed E-state index contributed by atoms with van der Waals surface area (Å²) in [5, 5.41) is 7.77. The van der Waals surface area contributed by atoms with Crippen LogP contribution in [0.15, 0.2) is 34.8 Å². The first-order valence-corrected chi connectivity index (χ1v) is 10.2. The Morgan fingerprint density at radius 2 is 1.83 bits per heavy atom. The number of nitrogens with one attached hydrogen (secondary N) is 1. The van der Waals surface area contributed by atoms with E-state index in [1.807, 2.05) is 18.7 Å². The van der Waals surface area contributed by atoms with Crippen molar-refractivity contribution in [2.24, 2.45) is 10.2 Å². The number of anilines is 2. The minimum atomic E-state index is -5.65. The van der Waals surface area contributed by atoms with Crippen molar-refractivity contribution in [3.05, 3.63) is 35.2 Å². The van der Waals surface area contributed by atoms with Crippen LogP contribution in [0.5, 0.6) is 0 Å². The average molecular weight is 451 g/mol. The molecule has 158 valence electrons. The maximum atomic E-state index is 12.8. The van der Waals surface area contributed by atoms with Gasteiger partial charge in [-0.15, -0.1) is 10.2 Å². The van der Waals surface area contributed by atoms with Crippen LogP contribution in [-0.2, 0) is 10.0 Å². The molecular formula is C16H18ClF3N6O2S. The molecule has 0 aliphatic rings. The van der Waals surface area contributed by atoms with Crippen molar-refractivity contribution in [2.45, 2.75) is 26.3 Å². The summed E-state index contributed by atoms with van der Waals surface area (Å²) in [6, 6.07) is 4.21. The molecule has 2 rings (SSSR count). The van der Waals surface area contributed by atoms with Gasteiger partial charge in [0.2, 0.25) is 0 Å². The fraction of sp³-hybridized carbons (Fsp3) is 0.375. The highest BCUT2D eigenvalue weighted by atomic mass is 35.5. The molecule has 1 aromatic carbocycles. The number of azo groups is 1. The number of halogens is 4. The lowest BCUT2D eigenvalue weighted by Crippen LogP contribution is -2.30. The van der Waals surface area contributed by atoms with Gasteiger partial charge in [0, 0.05) is 18.8 Å². The molecule has 0 atom stereocenters. The number of alkyl halides is 3. The molecule has 0 saturated carbocycles. The monoisotopic (exact) mass is 450 g/mol. The van der Waals surface area contributed by atoms with Gasteiger partial charge in [-0.25, -0.2) is 9.97 Å². The number of sulfonamides is 1. The zero-order valence-corrected chi connectivity index (χ0v) is 17.3. The third-order valence-corrected chi connectivity index (χ3v) is 5.40. The van der Waals surface area contributed by atoms with Gasteiger partial charge in [-0.1, -0.05) is 11.6 Å². The predicted molar refractivity (Wildman–Crippen MR) is 105 cm³/mol. The Morgan fingerprint density at radius 3 is 2.41 bits per heavy atom. The Morgan fingerprint density at radius 1 is 1.17 bits per heavy atom. The van der Waals surface area contributed by atoms with Crippen LogP contribution in [0, 0.1) is 6.92 Å². The molecule has 2 aromatic rings. The summed E-state index contributed by atoms with van der Waals surface area (Å²) in [7, 11) is -5.65. The SMILES string of the molecule is CCN(CC)c1ccc(N=Nc2ncnc(C)c2Cl)c(NS(=O)(=O)C(F)(F)F)c1. The number of aryl methyl sites for hydroxylation is 1. The second kappa shape index (κ2) is 8.91. The molecule has 0 amide bonds. The lowest BCUT2D eigenvalue weighted by atomic mass is 10.2. The van der Waals surface area contributed by atoms with Crippen molar-refractivity contribution >= 4 is 44.5 Å². The largest absolute Gasteiger partial charge is 0.516 e. The molecule has 0 spiro atoms. The van der Waals surface area contributed by atoms with E-state index in [2.05, 4.69) is 20.2 Å². The van der Waals surface area contributed by atoms with E-state index in [1.165, 1.54) is 23.2 Å². The maximum Gasteiger partial charge on any atom is 0.516 e. The van der Waals surface area contributed by atoms with Crippen LogP contribution >= 0.6 is 11.6 Å². The number of rotatable bonds is 7. The Kier molecular flexibility index (Phi) is 7.01. The van der Waals surface area contributed by atoms with Gasteiger partial charge in [0.05, 0.1) is 11.4 Å². The quantitative estimate of drug-likeness (QED) is 0.601. The Balaban J connectivity index is 2.53. The van der Waals surface area contributed by atoms with Gasteiger partial charge in [-0.2, -0.15) is 21.6 Å². The molecule has 29 heavy (non-hydrogen) atoms. The topological polar surface area (TPSA) is 99.9 Å². The van der Waals surface area contributed by atoms with Crippen molar-refractivity contribution in [3.63, 3.8) is 0 Å². The molecule has 0 aliphatic carbocycles. The summed E-state index contributed by atoms with van der Waals surface area (Å²) in [4.78, 5) is 9.54. The maximum absolute atomic E-state index is 12.8. The lowest BCUT2D eigenvalue weighted by molar-refractivity contribution is -0.0429. The van der Waals surface area contributed by atoms with Crippen LogP contribution in [-0.4, -0.2) is 37.0 Å². The molecule has 0 fully saturated rings. The standard InChI is InChI=1S/C16H18ClF3N6O2S/c1-4-26(5-2)11-6-7-12(13(8-11)25-29(27,28)16(18,19)20)23-24-15-14(17)10(3)21-9-22-15/h6-9,25H,4-5H2,1-3H3. The predicted octanol–water partition coefficient (Wildman–Crippen LogP) is 4.96. The van der Waals surface area contributed by atoms with Crippen LogP contribution in [0.3, 0.4) is 0 Å². The average Bonchev–Trinajstić information content (AvgIpc) is 2.64. The van der Waals surface area contributed by atoms with E-state index in [4.69, 9.17) is 11.6 Å². The van der Waals surface area contributed by atoms with Crippen molar-refractivity contribution < 1.29 is 21.6 Å². The van der Waals surface area contributed by atoms with E-state index in [0.29, 0.717) is 24.5 Å². The van der Waals surface area contributed by atoms with Gasteiger partial charge in [0.25, 0.3) is 0 Å². The molecule has 0 bridgehead atoms. The number of hydrogen-bond donors (Lipinski definition) is 1. The second-order valence-electron chi connectivity index (χ2n) is 5.72. The summed E-state index contributed by atoms with van der Waals surface area (Å²) in [5.41, 5.74) is -5.05. The molecule has 0 unspecified atom stereocenters. The summed E-state index contributed by atoms with van der Waals surface area (Å²) in [6.07, 6.45) is 1.20. The highest BCUT2D eigenvalue weighted by Gasteiger charge is 2.46. The fourth-order valence-corrected chi connectivity index (χ4v) is 3.00. The Labute approximate surface area is 170 Å². The summed E-state index contributed by atoms with van der Waals surface area (Å²) >= 11 is 6.02. The van der Waals surface area contributed by atoms with Crippen molar-refractivity contribution in [1.29, 1.82) is 0 Å². The third kappa shape index (κ3) is 5.32. The molecule has 8 nitrogen and oxygen atoms in total. The Bertz CT molecular complexity index is 1010. The summed E-state index contributed by atoms with van der Waals surface area (Å²) < 4.78 is 63.3. The van der Waals surface area contributed by atoms with Crippen LogP contribution in [0.4, 0.5) is 36.1 Å². The molecule has 0 radical (unpaired) electrons. The van der Waals surface area contributed by atoms with Crippen molar-refractivity contribution in [3.8, 4) is 0 Å². The van der Waals surface area contributed by atoms with Crippen LogP contribution < -0.4 is 9.62 Å². The molecular weight excluding hydrogens is 433 g/mol. The third-order valence-electron chi connectivity index (χ3n) is 3.86. The van der Waals surface area contributed by atoms with Gasteiger partial charge in [0.1, 0.15) is 17.0 Å². The van der Waals surface area contributed by atoms with Crippen LogP contribution in [0.25, 0.3) is 0 Å². The van der Waals surface area contributed by atoms with Gasteiger partial charge in [-0.05, 0) is 39.0 Å². The zero-order valence-electron chi connectivity index (χ0n) is 15.7. The van der Waals surface area contributed by atoms with E-state index in [9.17, 15) is 21.6 Å². The number of benzene rings is 1. The zero-order chi connectivity index (χ0) is 21.8. The van der Waals surface area contributed by atoms with Crippen LogP contribution in [0.1, 0.15) is 19.5 Å². The molecule has 1 aromatic heterocycles. The summed E-state index contributed by atoms with van der Waals surface area (Å²) in [5.74, 6) is -0.00313. The number of aromatic nitrogens is 2. The van der Waals surface area contributed by atoms with Gasteiger partial charge < -0.3 is 4.90 Å². The van der Waals surface area contributed by atoms with Gasteiger partial charge >= 0.3 is 15.5 Å². The normalized spacial score (nSPS) is 12.4. The smallest absolute Gasteiger partial charge is 0.372 e. The first-order valence-electron chi connectivity index (χ1n) is 8.37. The molecule has 1 heterocycles. The highest BCUT2D eigenvalue weighted by molar-refractivity contribution is 7.93. The van der Waals surface area contributed by atoms with E-state index < -0.39 is 15.5 Å². The first kappa shape index (κ1) is 22.8. The van der Waals surface area contributed by atoms with E-state index in [1.54, 1.807) is 13.0 Å². The van der Waals surface area contributed by atoms with Crippen molar-refractivity contribution in [1.82, 2.24) is 9.97 Å². The van der Waals surface area contributed by atoms with Crippen LogP contribution in [0.2, 0.25) is 5.02 Å². The summed E-state index contributed by atoms with van der Waals surface area (Å²) in [6.45, 7) is 6.47. The second-order valence-corrected chi connectivity index (χ2v) is 7.77. The number of nitrogens with zero attached hydrogens (tertiary/aromatic N) is 5.